The molecule has 1 aromatic carbocycles. The van der Waals surface area contributed by atoms with Crippen molar-refractivity contribution in [1.29, 1.82) is 0 Å². The summed E-state index contributed by atoms with van der Waals surface area (Å²) in [7, 11) is 3.31. The van der Waals surface area contributed by atoms with E-state index >= 15 is 4.39 Å². The van der Waals surface area contributed by atoms with Gasteiger partial charge in [-0.15, -0.1) is 13.2 Å². The normalized spacial score (nSPS) is 17.4. The molecule has 3 atom stereocenters. The van der Waals surface area contributed by atoms with Crippen molar-refractivity contribution >= 4 is 28.2 Å². The maximum absolute atomic E-state index is 16.3. The molecule has 14 heteroatoms. The maximum atomic E-state index is 16.3. The van der Waals surface area contributed by atoms with E-state index in [-0.39, 0.29) is 40.6 Å². The van der Waals surface area contributed by atoms with Crippen LogP contribution in [0.2, 0.25) is 0 Å². The van der Waals surface area contributed by atoms with Crippen LogP contribution in [0.25, 0.3) is 22.0 Å². The number of alkyl halides is 3. The number of aryl methyl sites for hydroxylation is 2. The van der Waals surface area contributed by atoms with E-state index in [1.165, 1.54) is 4.90 Å². The minimum absolute atomic E-state index is 0.0178. The number of nitrogens with one attached hydrogen (secondary N) is 2. The molecule has 41 heavy (non-hydrogen) atoms. The fourth-order valence-electron chi connectivity index (χ4n) is 4.74. The first-order chi connectivity index (χ1) is 19.1. The number of nitrogens with zero attached hydrogens (tertiary/aromatic N) is 3. The third-order valence-electron chi connectivity index (χ3n) is 7.00. The Morgan fingerprint density at radius 3 is 2.51 bits per heavy atom. The highest BCUT2D eigenvalue weighted by molar-refractivity contribution is 6.01. The molecule has 222 valence electrons. The van der Waals surface area contributed by atoms with Crippen molar-refractivity contribution in [3.05, 3.63) is 35.0 Å². The second-order valence-electron chi connectivity index (χ2n) is 10.1. The zero-order chi connectivity index (χ0) is 30.4. The average Bonchev–Trinajstić information content (AvgIpc) is 3.00. The fourth-order valence-corrected chi connectivity index (χ4v) is 4.74. The van der Waals surface area contributed by atoms with Gasteiger partial charge in [-0.3, -0.25) is 4.79 Å². The SMILES string of the molecule is CCC(NCC1Nc2nc(C)c(C)c3c(F)c(-c4cc(N)cc(F)c4OC(F)(F)F)nc(c23)OC1C)C(=O)N(C)C. The number of hydrogen-bond acceptors (Lipinski definition) is 8. The Morgan fingerprint density at radius 2 is 1.90 bits per heavy atom. The summed E-state index contributed by atoms with van der Waals surface area (Å²) in [5, 5.41) is 6.62. The lowest BCUT2D eigenvalue weighted by molar-refractivity contribution is -0.275. The summed E-state index contributed by atoms with van der Waals surface area (Å²) in [6.07, 6.45) is -5.38. The van der Waals surface area contributed by atoms with Crippen LogP contribution in [-0.2, 0) is 4.79 Å². The molecule has 3 unspecified atom stereocenters. The first kappa shape index (κ1) is 30.0. The van der Waals surface area contributed by atoms with E-state index in [0.29, 0.717) is 23.7 Å². The highest BCUT2D eigenvalue weighted by Gasteiger charge is 2.36. The Balaban J connectivity index is 1.86. The minimum atomic E-state index is -5.27. The lowest BCUT2D eigenvalue weighted by Crippen LogP contribution is -2.50. The van der Waals surface area contributed by atoms with E-state index in [2.05, 4.69) is 25.3 Å². The van der Waals surface area contributed by atoms with Crippen LogP contribution < -0.4 is 25.8 Å². The summed E-state index contributed by atoms with van der Waals surface area (Å²) in [6, 6.07) is 0.646. The predicted octanol–water partition coefficient (Wildman–Crippen LogP) is 4.69. The topological polar surface area (TPSA) is 115 Å². The second-order valence-corrected chi connectivity index (χ2v) is 10.1. The number of rotatable bonds is 7. The van der Waals surface area contributed by atoms with E-state index in [1.54, 1.807) is 34.9 Å². The summed E-state index contributed by atoms with van der Waals surface area (Å²) in [5.74, 6) is -3.73. The highest BCUT2D eigenvalue weighted by atomic mass is 19.4. The number of likely N-dealkylation sites (N-methyl/N-ethyl adjacent to an activating group) is 1. The van der Waals surface area contributed by atoms with Crippen LogP contribution in [0.1, 0.15) is 31.5 Å². The molecule has 4 rings (SSSR count). The average molecular weight is 583 g/mol. The summed E-state index contributed by atoms with van der Waals surface area (Å²) < 4.78 is 80.6. The molecule has 3 heterocycles. The highest BCUT2D eigenvalue weighted by Crippen LogP contribution is 2.44. The summed E-state index contributed by atoms with van der Waals surface area (Å²) in [6.45, 7) is 7.08. The van der Waals surface area contributed by atoms with Crippen LogP contribution in [-0.4, -0.2) is 66.0 Å². The number of halogens is 5. The van der Waals surface area contributed by atoms with Gasteiger partial charge in [0.1, 0.15) is 17.6 Å². The monoisotopic (exact) mass is 582 g/mol. The van der Waals surface area contributed by atoms with Crippen LogP contribution in [0, 0.1) is 25.5 Å². The summed E-state index contributed by atoms with van der Waals surface area (Å²) in [5.41, 5.74) is 5.00. The predicted molar refractivity (Wildman–Crippen MR) is 144 cm³/mol. The number of aromatic nitrogens is 2. The number of carbonyl (C=O) groups excluding carboxylic acids is 1. The summed E-state index contributed by atoms with van der Waals surface area (Å²) >= 11 is 0. The Morgan fingerprint density at radius 1 is 1.22 bits per heavy atom. The zero-order valence-corrected chi connectivity index (χ0v) is 23.3. The smallest absolute Gasteiger partial charge is 0.472 e. The molecule has 0 aliphatic carbocycles. The quantitative estimate of drug-likeness (QED) is 0.272. The number of nitrogen functional groups attached to an aromatic ring is 1. The standard InChI is InChI=1S/C27H31F5N6O3/c1-7-17(26(39)38(5)6)34-10-18-13(4)40-25-20-19(11(2)12(3)35-24(20)36-18)21(29)22(37-25)15-8-14(33)9-16(28)23(15)41-27(30,31)32/h8-9,13,17-18,34H,7,10,33H2,1-6H3,(H,35,36). The van der Waals surface area contributed by atoms with Crippen LogP contribution in [0.15, 0.2) is 12.1 Å². The van der Waals surface area contributed by atoms with Crippen molar-refractivity contribution in [3.63, 3.8) is 0 Å². The molecule has 0 spiro atoms. The Labute approximate surface area is 233 Å². The third-order valence-corrected chi connectivity index (χ3v) is 7.00. The molecule has 9 nitrogen and oxygen atoms in total. The van der Waals surface area contributed by atoms with Gasteiger partial charge in [0.15, 0.2) is 17.4 Å². The number of benzene rings is 1. The molecule has 4 N–H and O–H groups in total. The molecule has 3 aromatic rings. The molecule has 1 aliphatic rings. The van der Waals surface area contributed by atoms with Crippen LogP contribution in [0.5, 0.6) is 11.6 Å². The van der Waals surface area contributed by atoms with Crippen molar-refractivity contribution in [1.82, 2.24) is 20.2 Å². The van der Waals surface area contributed by atoms with Gasteiger partial charge in [0.25, 0.3) is 0 Å². The van der Waals surface area contributed by atoms with Gasteiger partial charge >= 0.3 is 6.36 Å². The molecule has 0 fully saturated rings. The molecule has 2 aromatic heterocycles. The molecule has 1 amide bonds. The van der Waals surface area contributed by atoms with Crippen LogP contribution in [0.4, 0.5) is 33.5 Å². The largest absolute Gasteiger partial charge is 0.573 e. The van der Waals surface area contributed by atoms with Crippen molar-refractivity contribution < 1.29 is 36.2 Å². The van der Waals surface area contributed by atoms with Gasteiger partial charge in [-0.1, -0.05) is 6.92 Å². The van der Waals surface area contributed by atoms with E-state index in [4.69, 9.17) is 10.5 Å². The Hall–Kier alpha value is -3.94. The van der Waals surface area contributed by atoms with Gasteiger partial charge in [-0.05, 0) is 38.8 Å². The third kappa shape index (κ3) is 5.92. The number of anilines is 2. The molecule has 0 saturated heterocycles. The molecule has 0 radical (unpaired) electrons. The molecule has 0 saturated carbocycles. The van der Waals surface area contributed by atoms with Crippen LogP contribution in [0.3, 0.4) is 0 Å². The van der Waals surface area contributed by atoms with Gasteiger partial charge in [-0.2, -0.15) is 0 Å². The molecular weight excluding hydrogens is 551 g/mol. The van der Waals surface area contributed by atoms with E-state index in [0.717, 1.165) is 6.07 Å². The Kier molecular flexibility index (Phi) is 8.16. The number of amides is 1. The van der Waals surface area contributed by atoms with Crippen molar-refractivity contribution in [2.45, 2.75) is 58.7 Å². The van der Waals surface area contributed by atoms with E-state index < -0.39 is 53.2 Å². The van der Waals surface area contributed by atoms with Gasteiger partial charge in [0.2, 0.25) is 11.8 Å². The van der Waals surface area contributed by atoms with Crippen molar-refractivity contribution in [2.24, 2.45) is 0 Å². The first-order valence-corrected chi connectivity index (χ1v) is 12.9. The number of pyridine rings is 2. The van der Waals surface area contributed by atoms with Crippen LogP contribution >= 0.6 is 0 Å². The number of carbonyl (C=O) groups is 1. The van der Waals surface area contributed by atoms with Gasteiger partial charge in [0.05, 0.1) is 23.0 Å². The zero-order valence-electron chi connectivity index (χ0n) is 23.3. The Bertz CT molecular complexity index is 1500. The van der Waals surface area contributed by atoms with Crippen molar-refractivity contribution in [3.8, 4) is 22.9 Å². The first-order valence-electron chi connectivity index (χ1n) is 12.9. The maximum Gasteiger partial charge on any atom is 0.573 e. The van der Waals surface area contributed by atoms with Crippen molar-refractivity contribution in [2.75, 3.05) is 31.7 Å². The van der Waals surface area contributed by atoms with Gasteiger partial charge < -0.3 is 30.7 Å². The summed E-state index contributed by atoms with van der Waals surface area (Å²) in [4.78, 5) is 22.8. The molecule has 0 bridgehead atoms. The lowest BCUT2D eigenvalue weighted by atomic mass is 10.0. The van der Waals surface area contributed by atoms with Gasteiger partial charge in [0, 0.05) is 43.5 Å². The lowest BCUT2D eigenvalue weighted by Gasteiger charge is -2.27. The molecule has 1 aliphatic heterocycles. The number of hydrogen-bond donors (Lipinski definition) is 3. The number of nitrogens with two attached hydrogens (primary N) is 1. The van der Waals surface area contributed by atoms with E-state index in [9.17, 15) is 22.4 Å². The van der Waals surface area contributed by atoms with E-state index in [1.807, 2.05) is 6.92 Å². The minimum Gasteiger partial charge on any atom is -0.472 e. The second kappa shape index (κ2) is 11.1. The van der Waals surface area contributed by atoms with Gasteiger partial charge in [-0.25, -0.2) is 18.7 Å². The number of ether oxygens (including phenoxy) is 2. The molecular formula is C27H31F5N6O3. The fraction of sp³-hybridized carbons (Fsp3) is 0.444.